The smallest absolute Gasteiger partial charge is 0.416 e. The molecule has 0 unspecified atom stereocenters. The molecule has 2 heterocycles. The second kappa shape index (κ2) is 7.60. The van der Waals surface area contributed by atoms with Crippen molar-refractivity contribution in [3.63, 3.8) is 0 Å². The van der Waals surface area contributed by atoms with Gasteiger partial charge in [-0.1, -0.05) is 30.3 Å². The van der Waals surface area contributed by atoms with E-state index in [4.69, 9.17) is 0 Å². The van der Waals surface area contributed by atoms with Crippen LogP contribution in [0.3, 0.4) is 0 Å². The van der Waals surface area contributed by atoms with Crippen molar-refractivity contribution in [3.8, 4) is 17.1 Å². The van der Waals surface area contributed by atoms with E-state index in [1.807, 2.05) is 25.1 Å². The van der Waals surface area contributed by atoms with Gasteiger partial charge in [0.1, 0.15) is 11.6 Å². The average molecular weight is 415 g/mol. The lowest BCUT2D eigenvalue weighted by Crippen LogP contribution is -2.35. The molecule has 0 bridgehead atoms. The Bertz CT molecular complexity index is 1140. The van der Waals surface area contributed by atoms with Crippen molar-refractivity contribution in [2.24, 2.45) is 0 Å². The molecule has 0 fully saturated rings. The van der Waals surface area contributed by atoms with Gasteiger partial charge in [0, 0.05) is 37.2 Å². The van der Waals surface area contributed by atoms with Crippen LogP contribution in [0.15, 0.2) is 47.3 Å². The number of aromatic hydroxyl groups is 1. The van der Waals surface area contributed by atoms with Gasteiger partial charge in [-0.25, -0.2) is 4.98 Å². The summed E-state index contributed by atoms with van der Waals surface area (Å²) in [5, 5.41) is 10.2. The molecule has 2 aromatic carbocycles. The SMILES string of the molecule is Cc1cccc(CN2CCc3nc(-c4ccc(C(F)(F)F)cc4)[nH]c(=O)c3C2)c1O. The fraction of sp³-hybridized carbons (Fsp3) is 0.273. The Morgan fingerprint density at radius 3 is 2.60 bits per heavy atom. The molecule has 0 radical (unpaired) electrons. The molecule has 0 atom stereocenters. The summed E-state index contributed by atoms with van der Waals surface area (Å²) in [5.74, 6) is 0.519. The molecule has 30 heavy (non-hydrogen) atoms. The number of hydrogen-bond acceptors (Lipinski definition) is 4. The third-order valence-corrected chi connectivity index (χ3v) is 5.35. The number of aromatic nitrogens is 2. The number of para-hydroxylation sites is 1. The van der Waals surface area contributed by atoms with Crippen molar-refractivity contribution < 1.29 is 18.3 Å². The molecular weight excluding hydrogens is 395 g/mol. The van der Waals surface area contributed by atoms with Gasteiger partial charge in [0.15, 0.2) is 0 Å². The minimum absolute atomic E-state index is 0.257. The van der Waals surface area contributed by atoms with Crippen LogP contribution in [0.25, 0.3) is 11.4 Å². The van der Waals surface area contributed by atoms with Crippen molar-refractivity contribution in [2.75, 3.05) is 6.54 Å². The lowest BCUT2D eigenvalue weighted by molar-refractivity contribution is -0.137. The zero-order valence-corrected chi connectivity index (χ0v) is 16.3. The molecule has 156 valence electrons. The van der Waals surface area contributed by atoms with Crippen LogP contribution in [-0.2, 0) is 25.7 Å². The van der Waals surface area contributed by atoms with E-state index in [1.54, 1.807) is 0 Å². The molecule has 0 spiro atoms. The molecule has 3 aromatic rings. The number of fused-ring (bicyclic) bond motifs is 1. The number of nitrogens with one attached hydrogen (secondary N) is 1. The first kappa shape index (κ1) is 20.2. The van der Waals surface area contributed by atoms with E-state index in [9.17, 15) is 23.1 Å². The van der Waals surface area contributed by atoms with E-state index in [0.29, 0.717) is 42.9 Å². The molecule has 0 saturated heterocycles. The maximum absolute atomic E-state index is 12.8. The summed E-state index contributed by atoms with van der Waals surface area (Å²) in [6.07, 6.45) is -3.87. The Balaban J connectivity index is 1.57. The number of halogens is 3. The number of rotatable bonds is 3. The summed E-state index contributed by atoms with van der Waals surface area (Å²) < 4.78 is 38.3. The summed E-state index contributed by atoms with van der Waals surface area (Å²) in [5.41, 5.74) is 2.17. The number of benzene rings is 2. The summed E-state index contributed by atoms with van der Waals surface area (Å²) in [6, 6.07) is 10.1. The Labute approximate surface area is 170 Å². The number of phenolic OH excluding ortho intramolecular Hbond substituents is 1. The van der Waals surface area contributed by atoms with Crippen molar-refractivity contribution in [3.05, 3.63) is 80.8 Å². The predicted molar refractivity (Wildman–Crippen MR) is 106 cm³/mol. The summed E-state index contributed by atoms with van der Waals surface area (Å²) in [6.45, 7) is 3.39. The highest BCUT2D eigenvalue weighted by Gasteiger charge is 2.30. The minimum Gasteiger partial charge on any atom is -0.507 e. The molecule has 1 aliphatic heterocycles. The molecule has 8 heteroatoms. The van der Waals surface area contributed by atoms with Gasteiger partial charge in [0.2, 0.25) is 0 Å². The lowest BCUT2D eigenvalue weighted by atomic mass is 10.0. The molecule has 1 aromatic heterocycles. The predicted octanol–water partition coefficient (Wildman–Crippen LogP) is 4.03. The number of phenols is 1. The minimum atomic E-state index is -4.41. The van der Waals surface area contributed by atoms with Gasteiger partial charge in [0.25, 0.3) is 5.56 Å². The Morgan fingerprint density at radius 1 is 1.17 bits per heavy atom. The summed E-state index contributed by atoms with van der Waals surface area (Å²) >= 11 is 0. The van der Waals surface area contributed by atoms with Crippen molar-refractivity contribution in [1.29, 1.82) is 0 Å². The fourth-order valence-electron chi connectivity index (χ4n) is 3.66. The second-order valence-corrected chi connectivity index (χ2v) is 7.46. The standard InChI is InChI=1S/C22H20F3N3O2/c1-13-3-2-4-15(19(13)29)11-28-10-9-18-17(12-28)21(30)27-20(26-18)14-5-7-16(8-6-14)22(23,24)25/h2-8,29H,9-12H2,1H3,(H,26,27,30). The fourth-order valence-corrected chi connectivity index (χ4v) is 3.66. The summed E-state index contributed by atoms with van der Waals surface area (Å²) in [7, 11) is 0. The van der Waals surface area contributed by atoms with Crippen LogP contribution in [0, 0.1) is 6.92 Å². The molecule has 0 aliphatic carbocycles. The van der Waals surface area contributed by atoms with Crippen LogP contribution in [0.2, 0.25) is 0 Å². The van der Waals surface area contributed by atoms with E-state index < -0.39 is 11.7 Å². The third-order valence-electron chi connectivity index (χ3n) is 5.35. The van der Waals surface area contributed by atoms with Gasteiger partial charge in [-0.05, 0) is 24.6 Å². The maximum Gasteiger partial charge on any atom is 0.416 e. The largest absolute Gasteiger partial charge is 0.507 e. The highest BCUT2D eigenvalue weighted by molar-refractivity contribution is 5.56. The quantitative estimate of drug-likeness (QED) is 0.678. The first-order valence-corrected chi connectivity index (χ1v) is 9.52. The summed E-state index contributed by atoms with van der Waals surface area (Å²) in [4.78, 5) is 21.9. The zero-order chi connectivity index (χ0) is 21.5. The average Bonchev–Trinajstić information content (AvgIpc) is 2.71. The van der Waals surface area contributed by atoms with Crippen LogP contribution in [0.1, 0.15) is 27.9 Å². The van der Waals surface area contributed by atoms with Gasteiger partial charge >= 0.3 is 6.18 Å². The Hall–Kier alpha value is -3.13. The van der Waals surface area contributed by atoms with E-state index >= 15 is 0 Å². The molecule has 5 nitrogen and oxygen atoms in total. The monoisotopic (exact) mass is 415 g/mol. The maximum atomic E-state index is 12.8. The zero-order valence-electron chi connectivity index (χ0n) is 16.3. The van der Waals surface area contributed by atoms with E-state index in [2.05, 4.69) is 14.9 Å². The highest BCUT2D eigenvalue weighted by atomic mass is 19.4. The second-order valence-electron chi connectivity index (χ2n) is 7.46. The van der Waals surface area contributed by atoms with Crippen LogP contribution < -0.4 is 5.56 Å². The van der Waals surface area contributed by atoms with Crippen LogP contribution in [0.4, 0.5) is 13.2 Å². The van der Waals surface area contributed by atoms with E-state index in [1.165, 1.54) is 12.1 Å². The molecule has 0 saturated carbocycles. The van der Waals surface area contributed by atoms with Crippen LogP contribution in [0.5, 0.6) is 5.75 Å². The van der Waals surface area contributed by atoms with Gasteiger partial charge in [-0.3, -0.25) is 9.69 Å². The van der Waals surface area contributed by atoms with Gasteiger partial charge in [-0.2, -0.15) is 13.2 Å². The van der Waals surface area contributed by atoms with Gasteiger partial charge in [-0.15, -0.1) is 0 Å². The normalized spacial score (nSPS) is 14.5. The molecular formula is C22H20F3N3O2. The number of H-pyrrole nitrogens is 1. The molecule has 4 rings (SSSR count). The first-order chi connectivity index (χ1) is 14.2. The van der Waals surface area contributed by atoms with Crippen molar-refractivity contribution >= 4 is 0 Å². The molecule has 2 N–H and O–H groups in total. The van der Waals surface area contributed by atoms with Crippen LogP contribution in [-0.4, -0.2) is 26.5 Å². The Morgan fingerprint density at radius 2 is 1.90 bits per heavy atom. The van der Waals surface area contributed by atoms with Gasteiger partial charge in [0.05, 0.1) is 16.8 Å². The van der Waals surface area contributed by atoms with Crippen LogP contribution >= 0.6 is 0 Å². The topological polar surface area (TPSA) is 69.2 Å². The molecule has 0 amide bonds. The highest BCUT2D eigenvalue weighted by Crippen LogP contribution is 2.30. The van der Waals surface area contributed by atoms with Gasteiger partial charge < -0.3 is 10.1 Å². The van der Waals surface area contributed by atoms with Crippen molar-refractivity contribution in [1.82, 2.24) is 14.9 Å². The Kier molecular flexibility index (Phi) is 5.11. The number of nitrogens with zero attached hydrogens (tertiary/aromatic N) is 2. The number of aromatic amines is 1. The lowest BCUT2D eigenvalue weighted by Gasteiger charge is -2.28. The third kappa shape index (κ3) is 3.95. The number of aryl methyl sites for hydroxylation is 1. The number of hydrogen-bond donors (Lipinski definition) is 2. The van der Waals surface area contributed by atoms with Crippen molar-refractivity contribution in [2.45, 2.75) is 32.6 Å². The van der Waals surface area contributed by atoms with E-state index in [-0.39, 0.29) is 17.1 Å². The van der Waals surface area contributed by atoms with E-state index in [0.717, 1.165) is 23.3 Å². The first-order valence-electron chi connectivity index (χ1n) is 9.52. The molecule has 1 aliphatic rings. The number of alkyl halides is 3.